The number of carboxylic acid groups (broad SMARTS) is 1. The number of aliphatic carboxylic acids is 1. The fourth-order valence-electron chi connectivity index (χ4n) is 2.52. The monoisotopic (exact) mass is 345 g/mol. The molecular weight excluding hydrogens is 330 g/mol. The van der Waals surface area contributed by atoms with Gasteiger partial charge in [0.05, 0.1) is 12.0 Å². The fraction of sp³-hybridized carbons (Fsp3) is 0.538. The Morgan fingerprint density at radius 3 is 2.63 bits per heavy atom. The number of carbonyl (C=O) groups is 2. The van der Waals surface area contributed by atoms with Gasteiger partial charge in [0.15, 0.2) is 0 Å². The first kappa shape index (κ1) is 14.5. The molecule has 1 aromatic heterocycles. The first-order valence-electron chi connectivity index (χ1n) is 6.25. The van der Waals surface area contributed by atoms with E-state index in [0.29, 0.717) is 19.4 Å². The van der Waals surface area contributed by atoms with Crippen molar-refractivity contribution in [2.24, 2.45) is 5.41 Å². The van der Waals surface area contributed by atoms with Gasteiger partial charge < -0.3 is 10.4 Å². The van der Waals surface area contributed by atoms with Gasteiger partial charge in [-0.15, -0.1) is 11.3 Å². The van der Waals surface area contributed by atoms with Crippen molar-refractivity contribution in [1.29, 1.82) is 0 Å². The van der Waals surface area contributed by atoms with Gasteiger partial charge >= 0.3 is 5.97 Å². The zero-order chi connectivity index (χ0) is 13.9. The van der Waals surface area contributed by atoms with E-state index in [4.69, 9.17) is 0 Å². The number of thiophene rings is 1. The number of nitrogens with one attached hydrogen (secondary N) is 1. The number of halogens is 1. The van der Waals surface area contributed by atoms with Crippen LogP contribution < -0.4 is 5.32 Å². The molecule has 0 atom stereocenters. The Morgan fingerprint density at radius 1 is 1.42 bits per heavy atom. The normalized spacial score (nSPS) is 17.3. The Kier molecular flexibility index (Phi) is 4.62. The van der Waals surface area contributed by atoms with Crippen LogP contribution in [0.2, 0.25) is 0 Å². The summed E-state index contributed by atoms with van der Waals surface area (Å²) in [5.41, 5.74) is -0.833. The van der Waals surface area contributed by atoms with E-state index in [1.165, 1.54) is 0 Å². The third-order valence-electron chi connectivity index (χ3n) is 3.59. The van der Waals surface area contributed by atoms with E-state index in [0.717, 1.165) is 22.2 Å². The van der Waals surface area contributed by atoms with Gasteiger partial charge in [0, 0.05) is 21.2 Å². The molecule has 1 amide bonds. The van der Waals surface area contributed by atoms with Crippen molar-refractivity contribution in [3.8, 4) is 0 Å². The standard InChI is InChI=1S/C13H16BrNO3S/c14-9-5-10(19-8-9)7-15-11(16)6-13(12(17)18)3-1-2-4-13/h5,8H,1-4,6-7H2,(H,15,16)(H,17,18). The molecule has 0 saturated heterocycles. The highest BCUT2D eigenvalue weighted by Gasteiger charge is 2.42. The van der Waals surface area contributed by atoms with Gasteiger partial charge in [-0.25, -0.2) is 0 Å². The minimum atomic E-state index is -0.834. The highest BCUT2D eigenvalue weighted by molar-refractivity contribution is 9.10. The van der Waals surface area contributed by atoms with Gasteiger partial charge in [0.2, 0.25) is 5.91 Å². The molecule has 0 aromatic carbocycles. The molecule has 4 nitrogen and oxygen atoms in total. The predicted molar refractivity (Wildman–Crippen MR) is 77.0 cm³/mol. The topological polar surface area (TPSA) is 66.4 Å². The van der Waals surface area contributed by atoms with Crippen LogP contribution in [0.4, 0.5) is 0 Å². The SMILES string of the molecule is O=C(CC1(C(=O)O)CCCC1)NCc1cc(Br)cs1. The Bertz CT molecular complexity index is 480. The van der Waals surface area contributed by atoms with Crippen LogP contribution in [0.5, 0.6) is 0 Å². The van der Waals surface area contributed by atoms with Crippen LogP contribution in [0.15, 0.2) is 15.9 Å². The number of carboxylic acids is 1. The summed E-state index contributed by atoms with van der Waals surface area (Å²) < 4.78 is 1.000. The molecule has 2 rings (SSSR count). The molecule has 0 spiro atoms. The van der Waals surface area contributed by atoms with Gasteiger partial charge in [-0.2, -0.15) is 0 Å². The molecule has 1 fully saturated rings. The van der Waals surface area contributed by atoms with E-state index in [2.05, 4.69) is 21.2 Å². The van der Waals surface area contributed by atoms with Crippen LogP contribution in [-0.4, -0.2) is 17.0 Å². The summed E-state index contributed by atoms with van der Waals surface area (Å²) in [5, 5.41) is 14.1. The van der Waals surface area contributed by atoms with Gasteiger partial charge in [0.25, 0.3) is 0 Å². The molecule has 6 heteroatoms. The first-order chi connectivity index (χ1) is 9.02. The Balaban J connectivity index is 1.88. The largest absolute Gasteiger partial charge is 0.481 e. The van der Waals surface area contributed by atoms with Crippen molar-refractivity contribution in [3.05, 3.63) is 20.8 Å². The number of rotatable bonds is 5. The summed E-state index contributed by atoms with van der Waals surface area (Å²) in [5.74, 6) is -1.01. The van der Waals surface area contributed by atoms with E-state index in [-0.39, 0.29) is 12.3 Å². The van der Waals surface area contributed by atoms with E-state index in [9.17, 15) is 14.7 Å². The summed E-state index contributed by atoms with van der Waals surface area (Å²) >= 11 is 4.92. The van der Waals surface area contributed by atoms with Gasteiger partial charge in [0.1, 0.15) is 0 Å². The van der Waals surface area contributed by atoms with Gasteiger partial charge in [-0.3, -0.25) is 9.59 Å². The molecule has 104 valence electrons. The fourth-order valence-corrected chi connectivity index (χ4v) is 3.91. The number of hydrogen-bond donors (Lipinski definition) is 2. The van der Waals surface area contributed by atoms with Crippen LogP contribution in [0.25, 0.3) is 0 Å². The molecule has 1 aliphatic rings. The maximum absolute atomic E-state index is 11.9. The van der Waals surface area contributed by atoms with Crippen LogP contribution in [0.1, 0.15) is 37.0 Å². The number of amides is 1. The molecule has 19 heavy (non-hydrogen) atoms. The van der Waals surface area contributed by atoms with Crippen molar-refractivity contribution in [2.45, 2.75) is 38.6 Å². The molecule has 1 heterocycles. The highest BCUT2D eigenvalue weighted by Crippen LogP contribution is 2.41. The van der Waals surface area contributed by atoms with Crippen molar-refractivity contribution < 1.29 is 14.7 Å². The Labute approximate surface area is 124 Å². The summed E-state index contributed by atoms with van der Waals surface area (Å²) in [4.78, 5) is 24.3. The molecule has 2 N–H and O–H groups in total. The molecule has 1 saturated carbocycles. The van der Waals surface area contributed by atoms with Crippen molar-refractivity contribution in [3.63, 3.8) is 0 Å². The van der Waals surface area contributed by atoms with Crippen LogP contribution >= 0.6 is 27.3 Å². The first-order valence-corrected chi connectivity index (χ1v) is 7.92. The van der Waals surface area contributed by atoms with E-state index < -0.39 is 11.4 Å². The lowest BCUT2D eigenvalue weighted by Crippen LogP contribution is -2.35. The van der Waals surface area contributed by atoms with Crippen molar-refractivity contribution >= 4 is 39.1 Å². The van der Waals surface area contributed by atoms with Crippen molar-refractivity contribution in [1.82, 2.24) is 5.32 Å². The number of carbonyl (C=O) groups excluding carboxylic acids is 1. The summed E-state index contributed by atoms with van der Waals surface area (Å²) in [6, 6.07) is 1.95. The zero-order valence-corrected chi connectivity index (χ0v) is 12.8. The second-order valence-corrected chi connectivity index (χ2v) is 6.89. The maximum atomic E-state index is 11.9. The van der Waals surface area contributed by atoms with Gasteiger partial charge in [-0.05, 0) is 34.8 Å². The van der Waals surface area contributed by atoms with E-state index in [1.807, 2.05) is 11.4 Å². The highest BCUT2D eigenvalue weighted by atomic mass is 79.9. The molecule has 1 aromatic rings. The summed E-state index contributed by atoms with van der Waals surface area (Å²) in [6.45, 7) is 0.463. The minimum Gasteiger partial charge on any atom is -0.481 e. The Hall–Kier alpha value is -0.880. The molecule has 0 radical (unpaired) electrons. The quantitative estimate of drug-likeness (QED) is 0.861. The van der Waals surface area contributed by atoms with E-state index in [1.54, 1.807) is 11.3 Å². The minimum absolute atomic E-state index is 0.0921. The lowest BCUT2D eigenvalue weighted by Gasteiger charge is -2.22. The second kappa shape index (κ2) is 6.05. The van der Waals surface area contributed by atoms with Crippen molar-refractivity contribution in [2.75, 3.05) is 0 Å². The Morgan fingerprint density at radius 2 is 2.11 bits per heavy atom. The molecule has 0 unspecified atom stereocenters. The second-order valence-electron chi connectivity index (χ2n) is 4.98. The zero-order valence-electron chi connectivity index (χ0n) is 10.4. The summed E-state index contributed by atoms with van der Waals surface area (Å²) in [7, 11) is 0. The summed E-state index contributed by atoms with van der Waals surface area (Å²) in [6.07, 6.45) is 3.12. The van der Waals surface area contributed by atoms with Gasteiger partial charge in [-0.1, -0.05) is 12.8 Å². The lowest BCUT2D eigenvalue weighted by atomic mass is 9.82. The van der Waals surface area contributed by atoms with Crippen LogP contribution in [-0.2, 0) is 16.1 Å². The average Bonchev–Trinajstić information content (AvgIpc) is 2.97. The third-order valence-corrected chi connectivity index (χ3v) is 5.29. The van der Waals surface area contributed by atoms with Crippen LogP contribution in [0, 0.1) is 5.41 Å². The maximum Gasteiger partial charge on any atom is 0.310 e. The van der Waals surface area contributed by atoms with E-state index >= 15 is 0 Å². The molecular formula is C13H16BrNO3S. The predicted octanol–water partition coefficient (Wildman–Crippen LogP) is 3.16. The lowest BCUT2D eigenvalue weighted by molar-refractivity contribution is -0.151. The molecule has 0 bridgehead atoms. The molecule has 0 aliphatic heterocycles. The smallest absolute Gasteiger partial charge is 0.310 e. The number of hydrogen-bond acceptors (Lipinski definition) is 3. The van der Waals surface area contributed by atoms with Crippen LogP contribution in [0.3, 0.4) is 0 Å². The average molecular weight is 346 g/mol. The molecule has 1 aliphatic carbocycles. The third kappa shape index (κ3) is 3.57.